The molecule has 2 aliphatic rings. The lowest BCUT2D eigenvalue weighted by Gasteiger charge is -2.41. The average molecular weight is 810 g/mol. The molecule has 3 amide bonds. The van der Waals surface area contributed by atoms with E-state index in [-0.39, 0.29) is 43.4 Å². The monoisotopic (exact) mass is 809 g/mol. The largest absolute Gasteiger partial charge is 0.453 e. The van der Waals surface area contributed by atoms with Gasteiger partial charge in [0.1, 0.15) is 29.2 Å². The smallest absolute Gasteiger partial charge is 0.410 e. The first-order chi connectivity index (χ1) is 27.6. The van der Waals surface area contributed by atoms with Crippen molar-refractivity contribution in [3.63, 3.8) is 0 Å². The zero-order chi connectivity index (χ0) is 42.0. The standard InChI is InChI=1S/C43H57F2N5O8/c1-7-8-12-19-46-41(53)57-37-27-49(42(54)58-43(4,5)6)24-32(37)25-50(40(52)28(2)56-29(3)51)38(31-17-20-55-21-18-31)39-47-36(34-22-33(44)15-16-35(34)45)26-48(39)23-30-13-10-9-11-14-30/h9-11,13-16,22,26,28,31-32,37-38H,7-8,12,17-21,23-25,27H2,1-6H3,(H,46,53). The summed E-state index contributed by atoms with van der Waals surface area (Å²) in [5.74, 6) is -2.99. The number of esters is 1. The summed E-state index contributed by atoms with van der Waals surface area (Å²) in [7, 11) is 0. The normalized spacial score (nSPS) is 18.3. The molecule has 58 heavy (non-hydrogen) atoms. The summed E-state index contributed by atoms with van der Waals surface area (Å²) in [6, 6.07) is 11.9. The number of nitrogens with one attached hydrogen (secondary N) is 1. The molecular formula is C43H57F2N5O8. The van der Waals surface area contributed by atoms with Gasteiger partial charge in [-0.3, -0.25) is 9.59 Å². The molecule has 0 saturated carbocycles. The van der Waals surface area contributed by atoms with Crippen molar-refractivity contribution in [2.24, 2.45) is 11.8 Å². The Morgan fingerprint density at radius 3 is 2.43 bits per heavy atom. The maximum absolute atomic E-state index is 15.4. The Labute approximate surface area is 339 Å². The van der Waals surface area contributed by atoms with E-state index in [9.17, 15) is 23.6 Å². The number of nitrogens with zero attached hydrogens (tertiary/aromatic N) is 4. The van der Waals surface area contributed by atoms with E-state index >= 15 is 4.39 Å². The van der Waals surface area contributed by atoms with E-state index in [0.717, 1.165) is 43.0 Å². The fourth-order valence-corrected chi connectivity index (χ4v) is 7.53. The van der Waals surface area contributed by atoms with Crippen LogP contribution in [0.1, 0.15) is 91.1 Å². The maximum atomic E-state index is 15.4. The van der Waals surface area contributed by atoms with Crippen LogP contribution in [0.2, 0.25) is 0 Å². The molecule has 316 valence electrons. The van der Waals surface area contributed by atoms with Crippen molar-refractivity contribution in [3.05, 3.63) is 77.8 Å². The quantitative estimate of drug-likeness (QED) is 0.0953. The summed E-state index contributed by atoms with van der Waals surface area (Å²) in [6.45, 7) is 11.6. The van der Waals surface area contributed by atoms with Gasteiger partial charge in [0.2, 0.25) is 0 Å². The summed E-state index contributed by atoms with van der Waals surface area (Å²) in [6.07, 6.45) is 2.03. The Hall–Kier alpha value is -5.05. The Bertz CT molecular complexity index is 1860. The number of amides is 3. The van der Waals surface area contributed by atoms with Gasteiger partial charge in [-0.05, 0) is 76.6 Å². The van der Waals surface area contributed by atoms with Crippen LogP contribution in [0.3, 0.4) is 0 Å². The first-order valence-corrected chi connectivity index (χ1v) is 20.2. The highest BCUT2D eigenvalue weighted by molar-refractivity contribution is 5.83. The van der Waals surface area contributed by atoms with Crippen molar-refractivity contribution < 1.29 is 46.9 Å². The summed E-state index contributed by atoms with van der Waals surface area (Å²) in [4.78, 5) is 61.8. The van der Waals surface area contributed by atoms with Crippen molar-refractivity contribution in [1.29, 1.82) is 0 Å². The Kier molecular flexibility index (Phi) is 15.3. The molecule has 0 bridgehead atoms. The second kappa shape index (κ2) is 20.1. The van der Waals surface area contributed by atoms with E-state index in [2.05, 4.69) is 12.2 Å². The molecule has 2 saturated heterocycles. The number of ether oxygens (including phenoxy) is 4. The molecule has 0 aliphatic carbocycles. The van der Waals surface area contributed by atoms with Gasteiger partial charge in [0.05, 0.1) is 18.3 Å². The number of hydrogen-bond donors (Lipinski definition) is 1. The van der Waals surface area contributed by atoms with Crippen LogP contribution in [0.25, 0.3) is 11.3 Å². The molecular weight excluding hydrogens is 752 g/mol. The number of unbranched alkanes of at least 4 members (excludes halogenated alkanes) is 2. The minimum absolute atomic E-state index is 0.0110. The fraction of sp³-hybridized carbons (Fsp3) is 0.558. The van der Waals surface area contributed by atoms with E-state index in [4.69, 9.17) is 23.9 Å². The second-order valence-corrected chi connectivity index (χ2v) is 16.1. The third kappa shape index (κ3) is 12.0. The summed E-state index contributed by atoms with van der Waals surface area (Å²) in [5.41, 5.74) is 0.212. The summed E-state index contributed by atoms with van der Waals surface area (Å²) >= 11 is 0. The maximum Gasteiger partial charge on any atom is 0.410 e. The number of aromatic nitrogens is 2. The van der Waals surface area contributed by atoms with Crippen LogP contribution >= 0.6 is 0 Å². The van der Waals surface area contributed by atoms with Gasteiger partial charge in [0, 0.05) is 64.0 Å². The number of likely N-dealkylation sites (tertiary alicyclic amines) is 1. The number of benzene rings is 2. The highest BCUT2D eigenvalue weighted by atomic mass is 19.1. The number of alkyl carbamates (subject to hydrolysis) is 1. The molecule has 5 rings (SSSR count). The molecule has 4 unspecified atom stereocenters. The van der Waals surface area contributed by atoms with Crippen molar-refractivity contribution in [2.45, 2.75) is 104 Å². The van der Waals surface area contributed by atoms with Crippen LogP contribution < -0.4 is 5.32 Å². The zero-order valence-corrected chi connectivity index (χ0v) is 34.4. The summed E-state index contributed by atoms with van der Waals surface area (Å²) < 4.78 is 54.8. The molecule has 0 radical (unpaired) electrons. The van der Waals surface area contributed by atoms with Crippen molar-refractivity contribution in [3.8, 4) is 11.3 Å². The molecule has 2 aliphatic heterocycles. The van der Waals surface area contributed by atoms with E-state index in [1.165, 1.54) is 18.7 Å². The van der Waals surface area contributed by atoms with Gasteiger partial charge in [-0.25, -0.2) is 23.4 Å². The molecule has 3 aromatic rings. The van der Waals surface area contributed by atoms with Crippen LogP contribution in [-0.4, -0.2) is 101 Å². The van der Waals surface area contributed by atoms with E-state index in [1.54, 1.807) is 31.9 Å². The minimum Gasteiger partial charge on any atom is -0.453 e. The van der Waals surface area contributed by atoms with Gasteiger partial charge in [0.25, 0.3) is 5.91 Å². The van der Waals surface area contributed by atoms with E-state index in [1.807, 2.05) is 34.9 Å². The molecule has 3 heterocycles. The second-order valence-electron chi connectivity index (χ2n) is 16.1. The van der Waals surface area contributed by atoms with Crippen molar-refractivity contribution in [2.75, 3.05) is 39.4 Å². The molecule has 2 fully saturated rings. The molecule has 0 spiro atoms. The third-order valence-corrected chi connectivity index (χ3v) is 10.3. The highest BCUT2D eigenvalue weighted by Crippen LogP contribution is 2.39. The van der Waals surface area contributed by atoms with E-state index in [0.29, 0.717) is 38.4 Å². The topological polar surface area (TPSA) is 142 Å². The lowest BCUT2D eigenvalue weighted by atomic mass is 9.88. The fourth-order valence-electron chi connectivity index (χ4n) is 7.53. The number of carbonyl (C=O) groups excluding carboxylic acids is 4. The minimum atomic E-state index is -1.23. The third-order valence-electron chi connectivity index (χ3n) is 10.3. The molecule has 13 nitrogen and oxygen atoms in total. The van der Waals surface area contributed by atoms with Crippen LogP contribution in [0.15, 0.2) is 54.7 Å². The zero-order valence-electron chi connectivity index (χ0n) is 34.4. The van der Waals surface area contributed by atoms with E-state index < -0.39 is 65.5 Å². The number of halogens is 2. The molecule has 2 aromatic carbocycles. The van der Waals surface area contributed by atoms with Gasteiger partial charge >= 0.3 is 18.2 Å². The van der Waals surface area contributed by atoms with Crippen LogP contribution in [-0.2, 0) is 35.1 Å². The number of carbonyl (C=O) groups is 4. The highest BCUT2D eigenvalue weighted by Gasteiger charge is 2.45. The van der Waals surface area contributed by atoms with Gasteiger partial charge in [-0.1, -0.05) is 50.1 Å². The number of rotatable bonds is 15. The average Bonchev–Trinajstić information content (AvgIpc) is 3.77. The van der Waals surface area contributed by atoms with Gasteiger partial charge in [-0.2, -0.15) is 0 Å². The predicted octanol–water partition coefficient (Wildman–Crippen LogP) is 7.28. The Morgan fingerprint density at radius 2 is 1.76 bits per heavy atom. The van der Waals surface area contributed by atoms with Crippen LogP contribution in [0, 0.1) is 23.5 Å². The lowest BCUT2D eigenvalue weighted by molar-refractivity contribution is -0.160. The molecule has 1 N–H and O–H groups in total. The van der Waals surface area contributed by atoms with Gasteiger partial charge < -0.3 is 38.6 Å². The SMILES string of the molecule is CCCCCNC(=O)OC1CN(C(=O)OC(C)(C)C)CC1CN(C(=O)C(C)OC(C)=O)C(c1nc(-c2cc(F)ccc2F)cn1Cc1ccccc1)C1CCOCC1. The molecule has 15 heteroatoms. The molecule has 4 atom stereocenters. The number of imidazole rings is 1. The molecule has 1 aromatic heterocycles. The van der Waals surface area contributed by atoms with Crippen molar-refractivity contribution >= 4 is 24.1 Å². The van der Waals surface area contributed by atoms with Crippen molar-refractivity contribution in [1.82, 2.24) is 24.7 Å². The predicted molar refractivity (Wildman–Crippen MR) is 211 cm³/mol. The van der Waals surface area contributed by atoms with Gasteiger partial charge in [0.15, 0.2) is 6.10 Å². The number of hydrogen-bond acceptors (Lipinski definition) is 9. The lowest BCUT2D eigenvalue weighted by Crippen LogP contribution is -2.50. The van der Waals surface area contributed by atoms with Crippen LogP contribution in [0.5, 0.6) is 0 Å². The Balaban J connectivity index is 1.63. The summed E-state index contributed by atoms with van der Waals surface area (Å²) in [5, 5.41) is 2.80. The first kappa shape index (κ1) is 44.1. The van der Waals surface area contributed by atoms with Gasteiger partial charge in [-0.15, -0.1) is 0 Å². The Morgan fingerprint density at radius 1 is 1.03 bits per heavy atom. The first-order valence-electron chi connectivity index (χ1n) is 20.2. The van der Waals surface area contributed by atoms with Crippen LogP contribution in [0.4, 0.5) is 18.4 Å².